The van der Waals surface area contributed by atoms with Crippen LogP contribution in [-0.2, 0) is 39.4 Å². The zero-order valence-electron chi connectivity index (χ0n) is 20.4. The topological polar surface area (TPSA) is 165 Å². The Morgan fingerprint density at radius 2 is 1.77 bits per heavy atom. The number of carbonyl (C=O) groups excluding carboxylic acids is 3. The quantitative estimate of drug-likeness (QED) is 0.313. The Kier molecular flexibility index (Phi) is 8.76. The predicted octanol–water partition coefficient (Wildman–Crippen LogP) is 1.94. The SMILES string of the molecule is COC(=O)c1nc(C#Cc2ccccc2C(F)(F)F)n(C2OC(COC(C)=O)[C@H](OC(=O)O)[C@@H]2OC(C)=O)n1. The normalized spacial score (nSPS) is 20.4. The summed E-state index contributed by atoms with van der Waals surface area (Å²) in [6.45, 7) is 1.54. The van der Waals surface area contributed by atoms with Crippen molar-refractivity contribution in [2.45, 2.75) is 44.6 Å². The molecule has 1 aliphatic heterocycles. The van der Waals surface area contributed by atoms with E-state index in [1.807, 2.05) is 0 Å². The fourth-order valence-electron chi connectivity index (χ4n) is 3.54. The van der Waals surface area contributed by atoms with Crippen molar-refractivity contribution in [3.63, 3.8) is 0 Å². The highest BCUT2D eigenvalue weighted by molar-refractivity contribution is 5.85. The van der Waals surface area contributed by atoms with Crippen LogP contribution in [0.1, 0.15) is 47.6 Å². The Morgan fingerprint density at radius 3 is 2.36 bits per heavy atom. The van der Waals surface area contributed by atoms with Crippen LogP contribution in [0.5, 0.6) is 0 Å². The summed E-state index contributed by atoms with van der Waals surface area (Å²) < 4.78 is 66.3. The maximum atomic E-state index is 13.4. The molecule has 1 fully saturated rings. The number of alkyl halides is 3. The van der Waals surface area contributed by atoms with Gasteiger partial charge < -0.3 is 28.8 Å². The molecule has 2 unspecified atom stereocenters. The molecule has 1 aromatic carbocycles. The molecular weight excluding hydrogens is 535 g/mol. The predicted molar refractivity (Wildman–Crippen MR) is 118 cm³/mol. The van der Waals surface area contributed by atoms with E-state index in [9.17, 15) is 37.5 Å². The van der Waals surface area contributed by atoms with Gasteiger partial charge >= 0.3 is 30.2 Å². The Morgan fingerprint density at radius 1 is 1.08 bits per heavy atom. The lowest BCUT2D eigenvalue weighted by atomic mass is 10.1. The molecule has 0 bridgehead atoms. The van der Waals surface area contributed by atoms with E-state index >= 15 is 0 Å². The largest absolute Gasteiger partial charge is 0.506 e. The highest BCUT2D eigenvalue weighted by Gasteiger charge is 2.52. The average Bonchev–Trinajstić information content (AvgIpc) is 3.41. The minimum absolute atomic E-state index is 0.428. The highest BCUT2D eigenvalue weighted by atomic mass is 19.4. The van der Waals surface area contributed by atoms with E-state index in [0.29, 0.717) is 0 Å². The Hall–Kier alpha value is -4.65. The van der Waals surface area contributed by atoms with Crippen LogP contribution in [0.25, 0.3) is 0 Å². The lowest BCUT2D eigenvalue weighted by Gasteiger charge is -2.22. The molecular formula is C23H20F3N3O10. The first-order valence-corrected chi connectivity index (χ1v) is 10.9. The van der Waals surface area contributed by atoms with Gasteiger partial charge in [0, 0.05) is 19.4 Å². The second-order valence-corrected chi connectivity index (χ2v) is 7.78. The van der Waals surface area contributed by atoms with Crippen molar-refractivity contribution in [3.05, 3.63) is 47.0 Å². The minimum atomic E-state index is -4.73. The van der Waals surface area contributed by atoms with Crippen molar-refractivity contribution in [2.75, 3.05) is 13.7 Å². The van der Waals surface area contributed by atoms with Crippen LogP contribution in [0.2, 0.25) is 0 Å². The molecule has 1 aromatic heterocycles. The average molecular weight is 555 g/mol. The van der Waals surface area contributed by atoms with E-state index in [1.54, 1.807) is 0 Å². The monoisotopic (exact) mass is 555 g/mol. The number of methoxy groups -OCH3 is 1. The second kappa shape index (κ2) is 11.8. The number of ether oxygens (including phenoxy) is 5. The first-order chi connectivity index (χ1) is 18.3. The molecule has 0 radical (unpaired) electrons. The zero-order valence-corrected chi connectivity index (χ0v) is 20.4. The van der Waals surface area contributed by atoms with Crippen LogP contribution >= 0.6 is 0 Å². The Balaban J connectivity index is 2.14. The van der Waals surface area contributed by atoms with Crippen LogP contribution in [0.15, 0.2) is 24.3 Å². The molecule has 4 atom stereocenters. The number of hydrogen-bond acceptors (Lipinski definition) is 11. The van der Waals surface area contributed by atoms with Gasteiger partial charge in [0.05, 0.1) is 12.7 Å². The van der Waals surface area contributed by atoms with Gasteiger partial charge in [0.2, 0.25) is 5.82 Å². The molecule has 39 heavy (non-hydrogen) atoms. The number of carbonyl (C=O) groups is 4. The molecule has 1 aliphatic rings. The molecule has 0 spiro atoms. The van der Waals surface area contributed by atoms with Gasteiger partial charge in [-0.1, -0.05) is 18.1 Å². The molecule has 208 valence electrons. The maximum Gasteiger partial charge on any atom is 0.506 e. The number of hydrogen-bond donors (Lipinski definition) is 1. The van der Waals surface area contributed by atoms with E-state index in [2.05, 4.69) is 26.7 Å². The second-order valence-electron chi connectivity index (χ2n) is 7.78. The van der Waals surface area contributed by atoms with Gasteiger partial charge in [-0.15, -0.1) is 5.10 Å². The van der Waals surface area contributed by atoms with Gasteiger partial charge in [0.15, 0.2) is 18.4 Å². The molecule has 1 saturated heterocycles. The smallest absolute Gasteiger partial charge is 0.463 e. The Labute approximate surface area is 217 Å². The van der Waals surface area contributed by atoms with Gasteiger partial charge in [-0.25, -0.2) is 14.3 Å². The van der Waals surface area contributed by atoms with Crippen LogP contribution in [0.3, 0.4) is 0 Å². The zero-order chi connectivity index (χ0) is 28.9. The molecule has 16 heteroatoms. The van der Waals surface area contributed by atoms with Crippen LogP contribution in [0.4, 0.5) is 18.0 Å². The number of rotatable bonds is 6. The third-order valence-electron chi connectivity index (χ3n) is 5.06. The summed E-state index contributed by atoms with van der Waals surface area (Å²) in [5, 5.41) is 13.1. The number of esters is 3. The van der Waals surface area contributed by atoms with Crippen molar-refractivity contribution >= 4 is 24.1 Å². The van der Waals surface area contributed by atoms with Gasteiger partial charge in [0.1, 0.15) is 12.7 Å². The van der Waals surface area contributed by atoms with Crippen molar-refractivity contribution < 1.29 is 61.1 Å². The van der Waals surface area contributed by atoms with Crippen molar-refractivity contribution in [2.24, 2.45) is 0 Å². The fourth-order valence-corrected chi connectivity index (χ4v) is 3.54. The molecule has 13 nitrogen and oxygen atoms in total. The molecule has 1 N–H and O–H groups in total. The minimum Gasteiger partial charge on any atom is -0.463 e. The molecule has 3 rings (SSSR count). The van der Waals surface area contributed by atoms with Crippen molar-refractivity contribution in [3.8, 4) is 11.8 Å². The number of halogens is 3. The molecule has 2 heterocycles. The fraction of sp³-hybridized carbons (Fsp3) is 0.391. The van der Waals surface area contributed by atoms with E-state index in [-0.39, 0.29) is 0 Å². The molecule has 0 amide bonds. The van der Waals surface area contributed by atoms with Gasteiger partial charge in [-0.2, -0.15) is 18.2 Å². The summed E-state index contributed by atoms with van der Waals surface area (Å²) in [4.78, 5) is 50.5. The summed E-state index contributed by atoms with van der Waals surface area (Å²) in [6.07, 6.45) is -12.6. The number of carboxylic acid groups (broad SMARTS) is 1. The molecule has 0 saturated carbocycles. The third-order valence-corrected chi connectivity index (χ3v) is 5.06. The summed E-state index contributed by atoms with van der Waals surface area (Å²) in [5.74, 6) is 0.977. The summed E-state index contributed by atoms with van der Waals surface area (Å²) in [5.41, 5.74) is -1.47. The van der Waals surface area contributed by atoms with Crippen LogP contribution in [-0.4, -0.2) is 76.0 Å². The first kappa shape index (κ1) is 28.9. The summed E-state index contributed by atoms with van der Waals surface area (Å²) in [6, 6.07) is 4.43. The Bertz CT molecular complexity index is 1330. The molecule has 2 aromatic rings. The number of nitrogens with zero attached hydrogens (tertiary/aromatic N) is 3. The molecule has 0 aliphatic carbocycles. The van der Waals surface area contributed by atoms with E-state index in [0.717, 1.165) is 37.8 Å². The van der Waals surface area contributed by atoms with Gasteiger partial charge in [-0.3, -0.25) is 9.59 Å². The van der Waals surface area contributed by atoms with Crippen molar-refractivity contribution in [1.29, 1.82) is 0 Å². The lowest BCUT2D eigenvalue weighted by Crippen LogP contribution is -2.41. The van der Waals surface area contributed by atoms with E-state index in [1.165, 1.54) is 12.1 Å². The number of benzene rings is 1. The summed E-state index contributed by atoms with van der Waals surface area (Å²) in [7, 11) is 1.02. The first-order valence-electron chi connectivity index (χ1n) is 10.9. The number of aromatic nitrogens is 3. The van der Waals surface area contributed by atoms with Gasteiger partial charge in [0.25, 0.3) is 5.82 Å². The maximum absolute atomic E-state index is 13.4. The van der Waals surface area contributed by atoms with E-state index < -0.39 is 84.2 Å². The standard InChI is InChI=1S/C23H20F3N3O10/c1-11(30)36-10-15-17(39-22(33)34)18(37-12(2)31)20(38-15)29-16(27-19(28-29)21(32)35-3)9-8-13-6-4-5-7-14(13)23(24,25)26/h4-7,15,17-18,20H,10H2,1-3H3,(H,33,34)/t15?,17-,18-,20?/m0/s1. The van der Waals surface area contributed by atoms with Gasteiger partial charge in [-0.05, 0) is 18.1 Å². The van der Waals surface area contributed by atoms with Crippen molar-refractivity contribution in [1.82, 2.24) is 14.8 Å². The summed E-state index contributed by atoms with van der Waals surface area (Å²) >= 11 is 0. The van der Waals surface area contributed by atoms with Crippen LogP contribution < -0.4 is 0 Å². The lowest BCUT2D eigenvalue weighted by molar-refractivity contribution is -0.157. The van der Waals surface area contributed by atoms with Crippen LogP contribution in [0, 0.1) is 11.8 Å². The highest BCUT2D eigenvalue weighted by Crippen LogP contribution is 2.35. The third kappa shape index (κ3) is 7.02. The van der Waals surface area contributed by atoms with E-state index in [4.69, 9.17) is 18.9 Å².